The van der Waals surface area contributed by atoms with E-state index in [1.165, 1.54) is 15.4 Å². The first-order valence-electron chi connectivity index (χ1n) is 6.45. The van der Waals surface area contributed by atoms with Gasteiger partial charge in [0.1, 0.15) is 0 Å². The van der Waals surface area contributed by atoms with Crippen molar-refractivity contribution in [3.8, 4) is 0 Å². The Bertz CT molecular complexity index is 606. The summed E-state index contributed by atoms with van der Waals surface area (Å²) in [6, 6.07) is 8.74. The molecule has 0 spiro atoms. The van der Waals surface area contributed by atoms with Crippen LogP contribution in [0.1, 0.15) is 24.3 Å². The SMILES string of the molecule is O=S1(=O)C=CC(NC2CC(c3ccccc3Br)C2)C1. The molecular formula is C14H16BrNO2S. The highest BCUT2D eigenvalue weighted by molar-refractivity contribution is 9.10. The molecule has 1 aromatic rings. The molecule has 102 valence electrons. The fraction of sp³-hybridized carbons (Fsp3) is 0.429. The topological polar surface area (TPSA) is 46.2 Å². The smallest absolute Gasteiger partial charge is 0.173 e. The Morgan fingerprint density at radius 3 is 2.58 bits per heavy atom. The summed E-state index contributed by atoms with van der Waals surface area (Å²) >= 11 is 3.58. The van der Waals surface area contributed by atoms with Crippen molar-refractivity contribution >= 4 is 25.8 Å². The van der Waals surface area contributed by atoms with Gasteiger partial charge in [0.25, 0.3) is 0 Å². The summed E-state index contributed by atoms with van der Waals surface area (Å²) in [5.41, 5.74) is 1.36. The van der Waals surface area contributed by atoms with Crippen molar-refractivity contribution in [2.45, 2.75) is 30.8 Å². The molecule has 0 bridgehead atoms. The first-order valence-corrected chi connectivity index (χ1v) is 8.96. The van der Waals surface area contributed by atoms with E-state index in [0.29, 0.717) is 12.0 Å². The Morgan fingerprint density at radius 2 is 1.95 bits per heavy atom. The van der Waals surface area contributed by atoms with Gasteiger partial charge in [-0.05, 0) is 30.4 Å². The lowest BCUT2D eigenvalue weighted by Crippen LogP contribution is -2.45. The quantitative estimate of drug-likeness (QED) is 0.919. The molecule has 0 aromatic heterocycles. The predicted octanol–water partition coefficient (Wildman–Crippen LogP) is 2.60. The van der Waals surface area contributed by atoms with Crippen molar-refractivity contribution < 1.29 is 8.42 Å². The number of benzene rings is 1. The fourth-order valence-electron chi connectivity index (χ4n) is 2.80. The predicted molar refractivity (Wildman–Crippen MR) is 79.8 cm³/mol. The highest BCUT2D eigenvalue weighted by Crippen LogP contribution is 2.40. The molecule has 2 aliphatic rings. The third-order valence-electron chi connectivity index (χ3n) is 3.86. The summed E-state index contributed by atoms with van der Waals surface area (Å²) < 4.78 is 23.8. The van der Waals surface area contributed by atoms with Gasteiger partial charge < -0.3 is 5.32 Å². The number of hydrogen-bond donors (Lipinski definition) is 1. The van der Waals surface area contributed by atoms with Crippen LogP contribution in [0.5, 0.6) is 0 Å². The summed E-state index contributed by atoms with van der Waals surface area (Å²) in [5.74, 6) is 0.790. The normalized spacial score (nSPS) is 32.2. The maximum absolute atomic E-state index is 11.3. The van der Waals surface area contributed by atoms with Crippen LogP contribution in [0.3, 0.4) is 0 Å². The summed E-state index contributed by atoms with van der Waals surface area (Å²) in [6.07, 6.45) is 3.92. The first kappa shape index (κ1) is 13.3. The molecule has 1 N–H and O–H groups in total. The molecule has 3 rings (SSSR count). The van der Waals surface area contributed by atoms with E-state index in [1.807, 2.05) is 6.07 Å². The van der Waals surface area contributed by atoms with Gasteiger partial charge in [-0.25, -0.2) is 8.42 Å². The largest absolute Gasteiger partial charge is 0.307 e. The van der Waals surface area contributed by atoms with E-state index in [0.717, 1.165) is 12.8 Å². The van der Waals surface area contributed by atoms with Gasteiger partial charge in [-0.3, -0.25) is 0 Å². The van der Waals surface area contributed by atoms with Gasteiger partial charge >= 0.3 is 0 Å². The Labute approximate surface area is 122 Å². The van der Waals surface area contributed by atoms with Gasteiger partial charge in [-0.15, -0.1) is 0 Å². The second kappa shape index (κ2) is 5.04. The molecule has 0 saturated heterocycles. The van der Waals surface area contributed by atoms with Gasteiger partial charge in [0.05, 0.1) is 5.75 Å². The molecule has 1 saturated carbocycles. The number of hydrogen-bond acceptors (Lipinski definition) is 3. The average Bonchev–Trinajstić information content (AvgIpc) is 2.64. The van der Waals surface area contributed by atoms with Crippen LogP contribution in [-0.2, 0) is 9.84 Å². The monoisotopic (exact) mass is 341 g/mol. The van der Waals surface area contributed by atoms with E-state index < -0.39 is 9.84 Å². The Hall–Kier alpha value is -0.650. The molecule has 1 aliphatic carbocycles. The lowest BCUT2D eigenvalue weighted by molar-refractivity contribution is 0.282. The van der Waals surface area contributed by atoms with Crippen molar-refractivity contribution in [1.82, 2.24) is 5.32 Å². The van der Waals surface area contributed by atoms with Crippen molar-refractivity contribution in [1.29, 1.82) is 0 Å². The highest BCUT2D eigenvalue weighted by Gasteiger charge is 2.33. The van der Waals surface area contributed by atoms with Gasteiger partial charge in [-0.2, -0.15) is 0 Å². The number of nitrogens with one attached hydrogen (secondary N) is 1. The van der Waals surface area contributed by atoms with E-state index in [-0.39, 0.29) is 11.8 Å². The average molecular weight is 342 g/mol. The maximum atomic E-state index is 11.3. The summed E-state index contributed by atoms with van der Waals surface area (Å²) in [4.78, 5) is 0. The van der Waals surface area contributed by atoms with E-state index in [2.05, 4.69) is 39.4 Å². The molecule has 1 aromatic carbocycles. The van der Waals surface area contributed by atoms with Crippen LogP contribution < -0.4 is 5.32 Å². The van der Waals surface area contributed by atoms with Crippen molar-refractivity contribution in [2.24, 2.45) is 0 Å². The van der Waals surface area contributed by atoms with E-state index >= 15 is 0 Å². The van der Waals surface area contributed by atoms with Crippen LogP contribution in [0.4, 0.5) is 0 Å². The maximum Gasteiger partial charge on any atom is 0.173 e. The molecule has 5 heteroatoms. The molecule has 1 aliphatic heterocycles. The zero-order valence-electron chi connectivity index (χ0n) is 10.4. The second-order valence-electron chi connectivity index (χ2n) is 5.32. The van der Waals surface area contributed by atoms with Crippen LogP contribution in [0.25, 0.3) is 0 Å². The van der Waals surface area contributed by atoms with Gasteiger partial charge in [0.2, 0.25) is 0 Å². The van der Waals surface area contributed by atoms with E-state index in [1.54, 1.807) is 6.08 Å². The minimum absolute atomic E-state index is 0.00448. The molecule has 1 unspecified atom stereocenters. The second-order valence-corrected chi connectivity index (χ2v) is 8.10. The van der Waals surface area contributed by atoms with Crippen molar-refractivity contribution in [3.63, 3.8) is 0 Å². The van der Waals surface area contributed by atoms with Crippen LogP contribution in [0, 0.1) is 0 Å². The molecular weight excluding hydrogens is 326 g/mol. The summed E-state index contributed by atoms with van der Waals surface area (Å²) in [7, 11) is -2.95. The van der Waals surface area contributed by atoms with Crippen molar-refractivity contribution in [2.75, 3.05) is 5.75 Å². The Morgan fingerprint density at radius 1 is 1.21 bits per heavy atom. The molecule has 0 radical (unpaired) electrons. The highest BCUT2D eigenvalue weighted by atomic mass is 79.9. The van der Waals surface area contributed by atoms with Gasteiger partial charge in [0.15, 0.2) is 9.84 Å². The molecule has 0 amide bonds. The Kier molecular flexibility index (Phi) is 3.53. The summed E-state index contributed by atoms with van der Waals surface area (Å²) in [6.45, 7) is 0. The first-order chi connectivity index (χ1) is 9.03. The van der Waals surface area contributed by atoms with Gasteiger partial charge in [0, 0.05) is 22.0 Å². The van der Waals surface area contributed by atoms with Crippen LogP contribution in [-0.4, -0.2) is 26.3 Å². The molecule has 1 heterocycles. The lowest BCUT2D eigenvalue weighted by Gasteiger charge is -2.38. The number of rotatable bonds is 3. The minimum atomic E-state index is -2.95. The third kappa shape index (κ3) is 2.93. The lowest BCUT2D eigenvalue weighted by atomic mass is 9.75. The number of halogens is 1. The molecule has 1 atom stereocenters. The van der Waals surface area contributed by atoms with Crippen LogP contribution in [0.15, 0.2) is 40.2 Å². The zero-order valence-corrected chi connectivity index (χ0v) is 12.8. The van der Waals surface area contributed by atoms with Gasteiger partial charge in [-0.1, -0.05) is 40.2 Å². The molecule has 3 nitrogen and oxygen atoms in total. The third-order valence-corrected chi connectivity index (χ3v) is 5.98. The van der Waals surface area contributed by atoms with Crippen LogP contribution >= 0.6 is 15.9 Å². The fourth-order valence-corrected chi connectivity index (χ4v) is 4.65. The standard InChI is InChI=1S/C14H16BrNO2S/c15-14-4-2-1-3-13(14)10-7-12(8-10)16-11-5-6-19(17,18)9-11/h1-6,10-12,16H,7-9H2. The van der Waals surface area contributed by atoms with E-state index in [9.17, 15) is 8.42 Å². The minimum Gasteiger partial charge on any atom is -0.307 e. The number of sulfone groups is 1. The van der Waals surface area contributed by atoms with Crippen molar-refractivity contribution in [3.05, 3.63) is 45.8 Å². The summed E-state index contributed by atoms with van der Waals surface area (Å²) in [5, 5.41) is 4.74. The molecule has 1 fully saturated rings. The molecule has 19 heavy (non-hydrogen) atoms. The van der Waals surface area contributed by atoms with E-state index in [4.69, 9.17) is 0 Å². The Balaban J connectivity index is 1.54. The van der Waals surface area contributed by atoms with Crippen LogP contribution in [0.2, 0.25) is 0 Å². The zero-order chi connectivity index (χ0) is 13.5.